The van der Waals surface area contributed by atoms with E-state index in [9.17, 15) is 18.0 Å². The van der Waals surface area contributed by atoms with Crippen molar-refractivity contribution in [1.29, 1.82) is 0 Å². The number of carbonyl (C=O) groups excluding carboxylic acids is 2. The topological polar surface area (TPSA) is 102 Å². The van der Waals surface area contributed by atoms with Crippen LogP contribution in [0, 0.1) is 0 Å². The van der Waals surface area contributed by atoms with Crippen molar-refractivity contribution in [1.82, 2.24) is 5.32 Å². The molecule has 0 saturated carbocycles. The smallest absolute Gasteiger partial charge is 0.337 e. The third kappa shape index (κ3) is 2.84. The van der Waals surface area contributed by atoms with Gasteiger partial charge in [0.25, 0.3) is 5.91 Å². The van der Waals surface area contributed by atoms with E-state index in [-0.39, 0.29) is 15.5 Å². The van der Waals surface area contributed by atoms with Crippen molar-refractivity contribution in [2.45, 2.75) is 4.90 Å². The lowest BCUT2D eigenvalue weighted by Crippen LogP contribution is -2.24. The van der Waals surface area contributed by atoms with Gasteiger partial charge in [0.15, 0.2) is 4.91 Å². The molecule has 0 radical (unpaired) electrons. The van der Waals surface area contributed by atoms with Crippen molar-refractivity contribution in [3.05, 3.63) is 64.6 Å². The van der Waals surface area contributed by atoms with Crippen LogP contribution >= 0.6 is 0 Å². The molecule has 3 rings (SSSR count). The van der Waals surface area contributed by atoms with Crippen LogP contribution in [-0.4, -0.2) is 34.5 Å². The van der Waals surface area contributed by atoms with Gasteiger partial charge in [-0.2, -0.15) is 0 Å². The minimum Gasteiger partial charge on any atom is -0.465 e. The Kier molecular flexibility index (Phi) is 4.52. The Hall–Kier alpha value is -3.13. The van der Waals surface area contributed by atoms with Crippen LogP contribution in [0.1, 0.15) is 15.9 Å². The van der Waals surface area contributed by atoms with E-state index >= 15 is 0 Å². The van der Waals surface area contributed by atoms with E-state index in [0.29, 0.717) is 16.8 Å². The average Bonchev–Trinajstić information content (AvgIpc) is 2.88. The van der Waals surface area contributed by atoms with Gasteiger partial charge in [0, 0.05) is 18.3 Å². The SMILES string of the molecule is CNC(=O)C1=C(Nc2ccc(C(=O)OC)cc2)c2ccccc2S1(=O)=O. The van der Waals surface area contributed by atoms with Crippen LogP contribution in [0.3, 0.4) is 0 Å². The molecule has 1 heterocycles. The highest BCUT2D eigenvalue weighted by Gasteiger charge is 2.39. The van der Waals surface area contributed by atoms with Crippen LogP contribution in [0.2, 0.25) is 0 Å². The number of esters is 1. The van der Waals surface area contributed by atoms with Gasteiger partial charge in [0.2, 0.25) is 9.84 Å². The molecule has 0 unspecified atom stereocenters. The molecular weight excluding hydrogens is 356 g/mol. The molecular formula is C18H16N2O5S. The zero-order chi connectivity index (χ0) is 18.9. The van der Waals surface area contributed by atoms with Crippen LogP contribution in [0.25, 0.3) is 5.70 Å². The molecule has 0 spiro atoms. The predicted molar refractivity (Wildman–Crippen MR) is 96.0 cm³/mol. The van der Waals surface area contributed by atoms with E-state index in [2.05, 4.69) is 15.4 Å². The molecule has 0 bridgehead atoms. The molecule has 2 aromatic carbocycles. The van der Waals surface area contributed by atoms with Gasteiger partial charge in [0.05, 0.1) is 23.3 Å². The number of nitrogens with one attached hydrogen (secondary N) is 2. The number of likely N-dealkylation sites (N-methyl/N-ethyl adjacent to an activating group) is 1. The second kappa shape index (κ2) is 6.64. The Bertz CT molecular complexity index is 1020. The lowest BCUT2D eigenvalue weighted by atomic mass is 10.1. The Morgan fingerprint density at radius 2 is 1.65 bits per heavy atom. The van der Waals surface area contributed by atoms with Crippen LogP contribution in [0.5, 0.6) is 0 Å². The van der Waals surface area contributed by atoms with Crippen molar-refractivity contribution >= 4 is 33.1 Å². The fourth-order valence-corrected chi connectivity index (χ4v) is 4.41. The maximum Gasteiger partial charge on any atom is 0.337 e. The molecule has 7 nitrogen and oxygen atoms in total. The summed E-state index contributed by atoms with van der Waals surface area (Å²) >= 11 is 0. The molecule has 1 aliphatic heterocycles. The molecule has 0 saturated heterocycles. The van der Waals surface area contributed by atoms with E-state index in [1.165, 1.54) is 20.2 Å². The third-order valence-corrected chi connectivity index (χ3v) is 5.81. The number of methoxy groups -OCH3 is 1. The molecule has 2 N–H and O–H groups in total. The first-order valence-electron chi connectivity index (χ1n) is 7.66. The van der Waals surface area contributed by atoms with Gasteiger partial charge in [-0.15, -0.1) is 0 Å². The van der Waals surface area contributed by atoms with Crippen molar-refractivity contribution in [3.8, 4) is 0 Å². The van der Waals surface area contributed by atoms with Crippen LogP contribution in [0.15, 0.2) is 58.3 Å². The number of sulfone groups is 1. The highest BCUT2D eigenvalue weighted by molar-refractivity contribution is 7.97. The van der Waals surface area contributed by atoms with E-state index in [4.69, 9.17) is 0 Å². The maximum atomic E-state index is 12.7. The standard InChI is InChI=1S/C18H16N2O5S/c1-19-17(21)16-15(13-5-3-4-6-14(13)26(16,23)24)20-12-9-7-11(8-10-12)18(22)25-2/h3-10,20H,1-2H3,(H,19,21). The van der Waals surface area contributed by atoms with Gasteiger partial charge in [0.1, 0.15) is 0 Å². The highest BCUT2D eigenvalue weighted by Crippen LogP contribution is 2.39. The first-order valence-corrected chi connectivity index (χ1v) is 9.14. The molecule has 0 atom stereocenters. The van der Waals surface area contributed by atoms with E-state index in [0.717, 1.165) is 0 Å². The zero-order valence-corrected chi connectivity index (χ0v) is 14.9. The number of ether oxygens (including phenoxy) is 1. The summed E-state index contributed by atoms with van der Waals surface area (Å²) in [6.45, 7) is 0. The van der Waals surface area contributed by atoms with Crippen LogP contribution in [-0.2, 0) is 19.4 Å². The first-order chi connectivity index (χ1) is 12.4. The number of amides is 1. The molecule has 1 aliphatic rings. The fourth-order valence-electron chi connectivity index (χ4n) is 2.70. The van der Waals surface area contributed by atoms with Crippen molar-refractivity contribution in [2.24, 2.45) is 0 Å². The van der Waals surface area contributed by atoms with Gasteiger partial charge in [-0.05, 0) is 30.3 Å². The van der Waals surface area contributed by atoms with E-state index in [1.54, 1.807) is 42.5 Å². The summed E-state index contributed by atoms with van der Waals surface area (Å²) in [6.07, 6.45) is 0. The Balaban J connectivity index is 2.08. The number of hydrogen-bond acceptors (Lipinski definition) is 6. The second-order valence-electron chi connectivity index (χ2n) is 5.48. The van der Waals surface area contributed by atoms with Gasteiger partial charge in [-0.1, -0.05) is 18.2 Å². The number of fused-ring (bicyclic) bond motifs is 1. The lowest BCUT2D eigenvalue weighted by molar-refractivity contribution is -0.116. The van der Waals surface area contributed by atoms with Crippen LogP contribution < -0.4 is 10.6 Å². The zero-order valence-electron chi connectivity index (χ0n) is 14.1. The predicted octanol–water partition coefficient (Wildman–Crippen LogP) is 1.79. The van der Waals surface area contributed by atoms with Crippen molar-refractivity contribution in [3.63, 3.8) is 0 Å². The molecule has 2 aromatic rings. The number of anilines is 1. The van der Waals surface area contributed by atoms with E-state index < -0.39 is 21.7 Å². The number of carbonyl (C=O) groups is 2. The minimum atomic E-state index is -3.92. The number of hydrogen-bond donors (Lipinski definition) is 2. The van der Waals surface area contributed by atoms with Gasteiger partial charge >= 0.3 is 5.97 Å². The van der Waals surface area contributed by atoms with Gasteiger partial charge in [-0.25, -0.2) is 13.2 Å². The first kappa shape index (κ1) is 17.7. The Morgan fingerprint density at radius 3 is 2.27 bits per heavy atom. The largest absolute Gasteiger partial charge is 0.465 e. The van der Waals surface area contributed by atoms with Crippen LogP contribution in [0.4, 0.5) is 5.69 Å². The van der Waals surface area contributed by atoms with E-state index in [1.807, 2.05) is 0 Å². The molecule has 0 fully saturated rings. The van der Waals surface area contributed by atoms with Gasteiger partial charge in [-0.3, -0.25) is 4.79 Å². The lowest BCUT2D eigenvalue weighted by Gasteiger charge is -2.11. The fraction of sp³-hybridized carbons (Fsp3) is 0.111. The molecule has 8 heteroatoms. The molecule has 134 valence electrons. The number of rotatable bonds is 4. The normalized spacial score (nSPS) is 14.5. The highest BCUT2D eigenvalue weighted by atomic mass is 32.2. The summed E-state index contributed by atoms with van der Waals surface area (Å²) in [6, 6.07) is 12.7. The second-order valence-corrected chi connectivity index (χ2v) is 7.33. The van der Waals surface area contributed by atoms with Gasteiger partial charge < -0.3 is 15.4 Å². The Labute approximate surface area is 150 Å². The average molecular weight is 372 g/mol. The summed E-state index contributed by atoms with van der Waals surface area (Å²) in [7, 11) is -1.26. The summed E-state index contributed by atoms with van der Waals surface area (Å²) in [5, 5.41) is 5.36. The monoisotopic (exact) mass is 372 g/mol. The minimum absolute atomic E-state index is 0.0762. The molecule has 0 aliphatic carbocycles. The summed E-state index contributed by atoms with van der Waals surface area (Å²) in [5.41, 5.74) is 1.51. The maximum absolute atomic E-state index is 12.7. The number of benzene rings is 2. The van der Waals surface area contributed by atoms with Crippen molar-refractivity contribution in [2.75, 3.05) is 19.5 Å². The quantitative estimate of drug-likeness (QED) is 0.794. The van der Waals surface area contributed by atoms with Crippen molar-refractivity contribution < 1.29 is 22.7 Å². The Morgan fingerprint density at radius 1 is 1.00 bits per heavy atom. The molecule has 26 heavy (non-hydrogen) atoms. The third-order valence-electron chi connectivity index (χ3n) is 3.95. The molecule has 1 amide bonds. The summed E-state index contributed by atoms with van der Waals surface area (Å²) in [5.74, 6) is -1.18. The summed E-state index contributed by atoms with van der Waals surface area (Å²) in [4.78, 5) is 23.5. The molecule has 0 aromatic heterocycles. The summed E-state index contributed by atoms with van der Waals surface area (Å²) < 4.78 is 30.1.